The van der Waals surface area contributed by atoms with Crippen LogP contribution in [-0.2, 0) is 4.74 Å². The van der Waals surface area contributed by atoms with Crippen LogP contribution in [0.1, 0.15) is 10.4 Å². The van der Waals surface area contributed by atoms with Crippen LogP contribution in [-0.4, -0.2) is 54.9 Å². The number of nitrogens with one attached hydrogen (secondary N) is 3. The van der Waals surface area contributed by atoms with Gasteiger partial charge in [-0.05, 0) is 41.5 Å². The van der Waals surface area contributed by atoms with Gasteiger partial charge in [0.1, 0.15) is 0 Å². The fourth-order valence-electron chi connectivity index (χ4n) is 3.18. The van der Waals surface area contributed by atoms with E-state index < -0.39 is 0 Å². The maximum atomic E-state index is 12.4. The summed E-state index contributed by atoms with van der Waals surface area (Å²) < 4.78 is 5.12. The van der Waals surface area contributed by atoms with E-state index in [9.17, 15) is 14.7 Å². The number of urea groups is 1. The smallest absolute Gasteiger partial charge is 0.326 e. The Kier molecular flexibility index (Phi) is 4.89. The number of ether oxygens (including phenoxy) is 1. The standard InChI is InChI=1S/C20H22N4O4/c25-11-20(12-28-13-20)10-22-18(26)14-1-3-17(4-2-14)23-19(27)24-8-15-5-6-21-7-16(15)9-24/h1-8,21,25H,9-13H2,(H,22,26)(H,23,27). The topological polar surface area (TPSA) is 103 Å². The molecule has 1 saturated heterocycles. The summed E-state index contributed by atoms with van der Waals surface area (Å²) >= 11 is 0. The van der Waals surface area contributed by atoms with Gasteiger partial charge in [-0.25, -0.2) is 4.79 Å². The first-order valence-electron chi connectivity index (χ1n) is 9.07. The summed E-state index contributed by atoms with van der Waals surface area (Å²) in [6.45, 7) is 1.75. The van der Waals surface area contributed by atoms with Gasteiger partial charge in [-0.2, -0.15) is 0 Å². The zero-order valence-corrected chi connectivity index (χ0v) is 15.3. The van der Waals surface area contributed by atoms with Gasteiger partial charge in [0.05, 0.1) is 31.8 Å². The van der Waals surface area contributed by atoms with Crippen molar-refractivity contribution >= 4 is 17.6 Å². The predicted molar refractivity (Wildman–Crippen MR) is 103 cm³/mol. The van der Waals surface area contributed by atoms with Crippen LogP contribution in [0, 0.1) is 5.41 Å². The van der Waals surface area contributed by atoms with Crippen LogP contribution in [0.4, 0.5) is 10.5 Å². The number of carbonyl (C=O) groups excluding carboxylic acids is 2. The predicted octanol–water partition coefficient (Wildman–Crippen LogP) is 1.16. The Labute approximate surface area is 162 Å². The third kappa shape index (κ3) is 3.64. The molecule has 3 amide bonds. The quantitative estimate of drug-likeness (QED) is 0.612. The third-order valence-corrected chi connectivity index (χ3v) is 5.06. The summed E-state index contributed by atoms with van der Waals surface area (Å²) in [5.41, 5.74) is 2.80. The molecule has 0 aromatic heterocycles. The van der Waals surface area contributed by atoms with E-state index in [4.69, 9.17) is 4.74 Å². The minimum absolute atomic E-state index is 0.0202. The van der Waals surface area contributed by atoms with Gasteiger partial charge >= 0.3 is 6.03 Å². The first-order valence-corrected chi connectivity index (χ1v) is 9.07. The van der Waals surface area contributed by atoms with Crippen molar-refractivity contribution in [2.75, 3.05) is 38.2 Å². The number of hydrogen-bond donors (Lipinski definition) is 4. The van der Waals surface area contributed by atoms with Gasteiger partial charge in [0, 0.05) is 36.4 Å². The molecule has 1 aromatic rings. The van der Waals surface area contributed by atoms with Gasteiger partial charge in [0.25, 0.3) is 5.91 Å². The maximum absolute atomic E-state index is 12.4. The zero-order valence-electron chi connectivity index (χ0n) is 15.3. The molecule has 146 valence electrons. The van der Waals surface area contributed by atoms with E-state index in [2.05, 4.69) is 16.0 Å². The van der Waals surface area contributed by atoms with Gasteiger partial charge in [-0.1, -0.05) is 0 Å². The molecule has 1 fully saturated rings. The van der Waals surface area contributed by atoms with Crippen molar-refractivity contribution in [2.45, 2.75) is 0 Å². The highest BCUT2D eigenvalue weighted by molar-refractivity contribution is 5.96. The summed E-state index contributed by atoms with van der Waals surface area (Å²) in [6.07, 6.45) is 7.43. The van der Waals surface area contributed by atoms with Crippen molar-refractivity contribution in [1.82, 2.24) is 15.5 Å². The molecule has 8 nitrogen and oxygen atoms in total. The van der Waals surface area contributed by atoms with Gasteiger partial charge in [-0.15, -0.1) is 0 Å². The number of hydrogen-bond acceptors (Lipinski definition) is 5. The van der Waals surface area contributed by atoms with Crippen molar-refractivity contribution in [3.8, 4) is 0 Å². The number of nitrogens with zero attached hydrogens (tertiary/aromatic N) is 1. The van der Waals surface area contributed by atoms with Crippen molar-refractivity contribution < 1.29 is 19.4 Å². The second-order valence-corrected chi connectivity index (χ2v) is 7.22. The Balaban J connectivity index is 1.32. The average molecular weight is 382 g/mol. The minimum Gasteiger partial charge on any atom is -0.396 e. The number of aliphatic hydroxyl groups excluding tert-OH is 1. The number of carbonyl (C=O) groups is 2. The Hall–Kier alpha value is -3.10. The number of benzene rings is 1. The van der Waals surface area contributed by atoms with Crippen LogP contribution in [0.2, 0.25) is 0 Å². The molecule has 4 rings (SSSR count). The Morgan fingerprint density at radius 3 is 2.68 bits per heavy atom. The molecule has 8 heteroatoms. The lowest BCUT2D eigenvalue weighted by Crippen LogP contribution is -2.53. The molecule has 0 atom stereocenters. The Morgan fingerprint density at radius 1 is 1.25 bits per heavy atom. The molecule has 4 N–H and O–H groups in total. The van der Waals surface area contributed by atoms with E-state index in [-0.39, 0.29) is 24.0 Å². The summed E-state index contributed by atoms with van der Waals surface area (Å²) in [5, 5.41) is 18.1. The molecule has 0 aliphatic carbocycles. The largest absolute Gasteiger partial charge is 0.396 e. The van der Waals surface area contributed by atoms with E-state index in [0.717, 1.165) is 11.1 Å². The van der Waals surface area contributed by atoms with E-state index in [1.807, 2.05) is 24.7 Å². The molecule has 0 bridgehead atoms. The maximum Gasteiger partial charge on any atom is 0.326 e. The third-order valence-electron chi connectivity index (χ3n) is 5.06. The highest BCUT2D eigenvalue weighted by atomic mass is 16.5. The monoisotopic (exact) mass is 382 g/mol. The van der Waals surface area contributed by atoms with Crippen molar-refractivity contribution in [2.24, 2.45) is 5.41 Å². The first-order chi connectivity index (χ1) is 13.6. The van der Waals surface area contributed by atoms with Crippen LogP contribution in [0.3, 0.4) is 0 Å². The fourth-order valence-corrected chi connectivity index (χ4v) is 3.18. The molecular weight excluding hydrogens is 360 g/mol. The number of rotatable bonds is 5. The lowest BCUT2D eigenvalue weighted by atomic mass is 9.87. The molecule has 0 radical (unpaired) electrons. The molecular formula is C20H22N4O4. The summed E-state index contributed by atoms with van der Waals surface area (Å²) in [7, 11) is 0. The minimum atomic E-state index is -0.370. The SMILES string of the molecule is O=C(NCC1(CO)COC1)c1ccc(NC(=O)N2C=C3C=CNC=C3C2)cc1. The second kappa shape index (κ2) is 7.49. The Bertz CT molecular complexity index is 863. The molecule has 0 saturated carbocycles. The molecule has 3 heterocycles. The number of amides is 3. The number of dihydropyridines is 1. The van der Waals surface area contributed by atoms with Crippen LogP contribution in [0.15, 0.2) is 60.1 Å². The molecule has 3 aliphatic rings. The van der Waals surface area contributed by atoms with E-state index in [0.29, 0.717) is 37.6 Å². The summed E-state index contributed by atoms with van der Waals surface area (Å²) in [5.74, 6) is -0.225. The normalized spacial score (nSPS) is 19.0. The van der Waals surface area contributed by atoms with Crippen LogP contribution >= 0.6 is 0 Å². The van der Waals surface area contributed by atoms with Gasteiger partial charge in [0.2, 0.25) is 0 Å². The lowest BCUT2D eigenvalue weighted by Gasteiger charge is -2.39. The van der Waals surface area contributed by atoms with Gasteiger partial charge in [0.15, 0.2) is 0 Å². The van der Waals surface area contributed by atoms with Crippen LogP contribution in [0.5, 0.6) is 0 Å². The molecule has 3 aliphatic heterocycles. The number of allylic oxidation sites excluding steroid dienone is 1. The van der Waals surface area contributed by atoms with E-state index in [1.54, 1.807) is 29.2 Å². The Morgan fingerprint density at radius 2 is 2.04 bits per heavy atom. The average Bonchev–Trinajstić information content (AvgIpc) is 3.12. The van der Waals surface area contributed by atoms with Gasteiger partial charge < -0.3 is 25.8 Å². The van der Waals surface area contributed by atoms with E-state index >= 15 is 0 Å². The van der Waals surface area contributed by atoms with Crippen LogP contribution in [0.25, 0.3) is 0 Å². The van der Waals surface area contributed by atoms with Crippen LogP contribution < -0.4 is 16.0 Å². The molecule has 0 unspecified atom stereocenters. The van der Waals surface area contributed by atoms with Crippen molar-refractivity contribution in [3.05, 3.63) is 65.7 Å². The highest BCUT2D eigenvalue weighted by Gasteiger charge is 2.38. The summed E-state index contributed by atoms with van der Waals surface area (Å²) in [6, 6.07) is 6.47. The molecule has 28 heavy (non-hydrogen) atoms. The number of fused-ring (bicyclic) bond motifs is 1. The molecule has 1 aromatic carbocycles. The van der Waals surface area contributed by atoms with Crippen molar-refractivity contribution in [1.29, 1.82) is 0 Å². The summed E-state index contributed by atoms with van der Waals surface area (Å²) in [4.78, 5) is 26.3. The van der Waals surface area contributed by atoms with Crippen molar-refractivity contribution in [3.63, 3.8) is 0 Å². The number of anilines is 1. The highest BCUT2D eigenvalue weighted by Crippen LogP contribution is 2.26. The lowest BCUT2D eigenvalue weighted by molar-refractivity contribution is -0.133. The second-order valence-electron chi connectivity index (χ2n) is 7.22. The van der Waals surface area contributed by atoms with Gasteiger partial charge in [-0.3, -0.25) is 9.69 Å². The molecule has 0 spiro atoms. The zero-order chi connectivity index (χ0) is 19.6. The fraction of sp³-hybridized carbons (Fsp3) is 0.300. The number of aliphatic hydroxyl groups is 1. The van der Waals surface area contributed by atoms with E-state index in [1.165, 1.54) is 0 Å². The first kappa shape index (κ1) is 18.3.